The summed E-state index contributed by atoms with van der Waals surface area (Å²) in [5, 5.41) is 7.87. The fourth-order valence-corrected chi connectivity index (χ4v) is 4.06. The minimum Gasteiger partial charge on any atom is -0.361 e. The van der Waals surface area contributed by atoms with Crippen LogP contribution < -0.4 is 15.5 Å². The summed E-state index contributed by atoms with van der Waals surface area (Å²) in [5.41, 5.74) is 3.23. The van der Waals surface area contributed by atoms with Gasteiger partial charge in [-0.3, -0.25) is 4.99 Å². The maximum atomic E-state index is 13.6. The Kier molecular flexibility index (Phi) is 6.70. The number of aromatic nitrogens is 2. The number of aliphatic imine (C=N–C) groups is 1. The van der Waals surface area contributed by atoms with Crippen molar-refractivity contribution in [3.63, 3.8) is 0 Å². The molecule has 31 heavy (non-hydrogen) atoms. The van der Waals surface area contributed by atoms with Crippen molar-refractivity contribution in [3.05, 3.63) is 59.7 Å². The van der Waals surface area contributed by atoms with Gasteiger partial charge in [-0.15, -0.1) is 0 Å². The number of hydrogen-bond donors (Lipinski definition) is 3. The second-order valence-corrected chi connectivity index (χ2v) is 8.11. The van der Waals surface area contributed by atoms with Gasteiger partial charge in [0, 0.05) is 55.5 Å². The minimum absolute atomic E-state index is 0.209. The van der Waals surface area contributed by atoms with E-state index < -0.39 is 0 Å². The van der Waals surface area contributed by atoms with E-state index in [0.717, 1.165) is 67.1 Å². The normalized spacial score (nSPS) is 15.5. The Balaban J connectivity index is 1.32. The number of H-pyrrole nitrogens is 1. The smallest absolute Gasteiger partial charge is 0.191 e. The van der Waals surface area contributed by atoms with Gasteiger partial charge in [0.2, 0.25) is 0 Å². The summed E-state index contributed by atoms with van der Waals surface area (Å²) in [6, 6.07) is 9.46. The van der Waals surface area contributed by atoms with E-state index in [0.29, 0.717) is 12.6 Å². The van der Waals surface area contributed by atoms with E-state index in [1.54, 1.807) is 12.1 Å². The number of aromatic amines is 1. The molecule has 6 nitrogen and oxygen atoms in total. The lowest BCUT2D eigenvalue weighted by Crippen LogP contribution is -2.49. The lowest BCUT2D eigenvalue weighted by molar-refractivity contribution is 0.459. The number of piperidine rings is 1. The Morgan fingerprint density at radius 3 is 2.84 bits per heavy atom. The number of pyridine rings is 1. The molecule has 0 spiro atoms. The standard InChI is InChI=1S/C24H31FN6/c1-3-26-24(27-11-8-18-16-28-22-6-5-19(25)14-21(18)22)30-20-9-12-31(13-10-20)23-7-4-17(2)15-29-23/h4-7,14-16,20,28H,3,8-13H2,1-2H3,(H2,26,27,30). The summed E-state index contributed by atoms with van der Waals surface area (Å²) in [5.74, 6) is 1.69. The molecule has 1 fully saturated rings. The van der Waals surface area contributed by atoms with Crippen LogP contribution in [0.4, 0.5) is 10.2 Å². The summed E-state index contributed by atoms with van der Waals surface area (Å²) in [7, 11) is 0. The molecule has 3 N–H and O–H groups in total. The van der Waals surface area contributed by atoms with Gasteiger partial charge in [0.15, 0.2) is 5.96 Å². The summed E-state index contributed by atoms with van der Waals surface area (Å²) in [6.45, 7) is 7.56. The first-order chi connectivity index (χ1) is 15.1. The van der Waals surface area contributed by atoms with Crippen LogP contribution in [0.25, 0.3) is 10.9 Å². The van der Waals surface area contributed by atoms with Crippen molar-refractivity contribution in [2.75, 3.05) is 31.1 Å². The molecule has 0 aliphatic carbocycles. The van der Waals surface area contributed by atoms with Gasteiger partial charge >= 0.3 is 0 Å². The molecule has 1 aromatic carbocycles. The van der Waals surface area contributed by atoms with Gasteiger partial charge in [-0.25, -0.2) is 9.37 Å². The molecule has 164 valence electrons. The minimum atomic E-state index is -0.209. The first-order valence-electron chi connectivity index (χ1n) is 11.1. The fraction of sp³-hybridized carbons (Fsp3) is 0.417. The highest BCUT2D eigenvalue weighted by atomic mass is 19.1. The third-order valence-electron chi connectivity index (χ3n) is 5.78. The molecule has 3 aromatic rings. The van der Waals surface area contributed by atoms with Crippen LogP contribution >= 0.6 is 0 Å². The number of hydrogen-bond acceptors (Lipinski definition) is 3. The molecule has 1 saturated heterocycles. The third-order valence-corrected chi connectivity index (χ3v) is 5.78. The molecule has 1 aliphatic heterocycles. The molecule has 3 heterocycles. The van der Waals surface area contributed by atoms with E-state index in [4.69, 9.17) is 4.99 Å². The highest BCUT2D eigenvalue weighted by molar-refractivity contribution is 5.83. The van der Waals surface area contributed by atoms with Gasteiger partial charge in [-0.05, 0) is 68.5 Å². The number of aryl methyl sites for hydroxylation is 1. The van der Waals surface area contributed by atoms with Gasteiger partial charge in [0.25, 0.3) is 0 Å². The topological polar surface area (TPSA) is 68.3 Å². The van der Waals surface area contributed by atoms with Crippen LogP contribution in [-0.4, -0.2) is 48.1 Å². The lowest BCUT2D eigenvalue weighted by Gasteiger charge is -2.33. The third kappa shape index (κ3) is 5.34. The molecule has 0 amide bonds. The SMILES string of the molecule is CCNC(=NCCc1c[nH]c2ccc(F)cc12)NC1CCN(c2ccc(C)cn2)CC1. The second kappa shape index (κ2) is 9.81. The number of nitrogens with one attached hydrogen (secondary N) is 3. The summed E-state index contributed by atoms with van der Waals surface area (Å²) in [6.07, 6.45) is 6.73. The molecule has 4 rings (SSSR count). The maximum absolute atomic E-state index is 13.6. The number of guanidine groups is 1. The van der Waals surface area contributed by atoms with Crippen LogP contribution in [0.5, 0.6) is 0 Å². The van der Waals surface area contributed by atoms with Gasteiger partial charge in [0.05, 0.1) is 0 Å². The number of fused-ring (bicyclic) bond motifs is 1. The Labute approximate surface area is 183 Å². The van der Waals surface area contributed by atoms with Crippen LogP contribution in [0.3, 0.4) is 0 Å². The summed E-state index contributed by atoms with van der Waals surface area (Å²) in [4.78, 5) is 14.9. The molecule has 0 radical (unpaired) electrons. The highest BCUT2D eigenvalue weighted by Crippen LogP contribution is 2.20. The average Bonchev–Trinajstić information content (AvgIpc) is 3.17. The number of nitrogens with zero attached hydrogens (tertiary/aromatic N) is 3. The van der Waals surface area contributed by atoms with Crippen LogP contribution in [0.2, 0.25) is 0 Å². The van der Waals surface area contributed by atoms with Crippen molar-refractivity contribution in [1.82, 2.24) is 20.6 Å². The van der Waals surface area contributed by atoms with Crippen LogP contribution in [0, 0.1) is 12.7 Å². The van der Waals surface area contributed by atoms with E-state index in [1.807, 2.05) is 12.4 Å². The fourth-order valence-electron chi connectivity index (χ4n) is 4.06. The van der Waals surface area contributed by atoms with Crippen molar-refractivity contribution < 1.29 is 4.39 Å². The van der Waals surface area contributed by atoms with Crippen molar-refractivity contribution in [3.8, 4) is 0 Å². The number of benzene rings is 1. The number of anilines is 1. The van der Waals surface area contributed by atoms with Crippen LogP contribution in [0.15, 0.2) is 47.7 Å². The Morgan fingerprint density at radius 1 is 1.26 bits per heavy atom. The molecular formula is C24H31FN6. The average molecular weight is 423 g/mol. The highest BCUT2D eigenvalue weighted by Gasteiger charge is 2.20. The predicted molar refractivity (Wildman–Crippen MR) is 125 cm³/mol. The lowest BCUT2D eigenvalue weighted by atomic mass is 10.1. The van der Waals surface area contributed by atoms with Gasteiger partial charge in [-0.1, -0.05) is 6.07 Å². The maximum Gasteiger partial charge on any atom is 0.191 e. The zero-order chi connectivity index (χ0) is 21.6. The Hall–Kier alpha value is -3.09. The zero-order valence-corrected chi connectivity index (χ0v) is 18.3. The Morgan fingerprint density at radius 2 is 2.10 bits per heavy atom. The first kappa shape index (κ1) is 21.2. The quantitative estimate of drug-likeness (QED) is 0.418. The monoisotopic (exact) mass is 422 g/mol. The van der Waals surface area contributed by atoms with Crippen molar-refractivity contribution >= 4 is 22.7 Å². The van der Waals surface area contributed by atoms with Crippen molar-refractivity contribution in [1.29, 1.82) is 0 Å². The van der Waals surface area contributed by atoms with Gasteiger partial charge < -0.3 is 20.5 Å². The summed E-state index contributed by atoms with van der Waals surface area (Å²) < 4.78 is 13.6. The zero-order valence-electron chi connectivity index (χ0n) is 18.3. The second-order valence-electron chi connectivity index (χ2n) is 8.11. The molecule has 0 unspecified atom stereocenters. The van der Waals surface area contributed by atoms with Gasteiger partial charge in [0.1, 0.15) is 11.6 Å². The Bertz CT molecular complexity index is 1020. The molecule has 2 aromatic heterocycles. The molecular weight excluding hydrogens is 391 g/mol. The van der Waals surface area contributed by atoms with Crippen molar-refractivity contribution in [2.24, 2.45) is 4.99 Å². The largest absolute Gasteiger partial charge is 0.361 e. The van der Waals surface area contributed by atoms with E-state index >= 15 is 0 Å². The number of halogens is 1. The first-order valence-corrected chi connectivity index (χ1v) is 11.1. The van der Waals surface area contributed by atoms with E-state index in [9.17, 15) is 4.39 Å². The number of rotatable bonds is 6. The van der Waals surface area contributed by atoms with Gasteiger partial charge in [-0.2, -0.15) is 0 Å². The molecule has 1 aliphatic rings. The molecule has 0 saturated carbocycles. The molecule has 7 heteroatoms. The van der Waals surface area contributed by atoms with E-state index in [1.165, 1.54) is 11.6 Å². The van der Waals surface area contributed by atoms with Crippen molar-refractivity contribution in [2.45, 2.75) is 39.2 Å². The van der Waals surface area contributed by atoms with Crippen LogP contribution in [0.1, 0.15) is 30.9 Å². The molecule has 0 bridgehead atoms. The van der Waals surface area contributed by atoms with E-state index in [2.05, 4.69) is 51.5 Å². The predicted octanol–water partition coefficient (Wildman–Crippen LogP) is 3.78. The van der Waals surface area contributed by atoms with E-state index in [-0.39, 0.29) is 5.82 Å². The van der Waals surface area contributed by atoms with Crippen LogP contribution in [-0.2, 0) is 6.42 Å². The molecule has 0 atom stereocenters. The summed E-state index contributed by atoms with van der Waals surface area (Å²) >= 11 is 0.